The van der Waals surface area contributed by atoms with Crippen molar-refractivity contribution in [1.82, 2.24) is 4.90 Å². The fraction of sp³-hybridized carbons (Fsp3) is 0.471. The van der Waals surface area contributed by atoms with Crippen molar-refractivity contribution in [3.63, 3.8) is 0 Å². The van der Waals surface area contributed by atoms with Crippen LogP contribution in [0.3, 0.4) is 0 Å². The zero-order valence-electron chi connectivity index (χ0n) is 12.7. The number of nitrogens with zero attached hydrogens (tertiary/aromatic N) is 1. The second-order valence-electron chi connectivity index (χ2n) is 5.63. The molecule has 0 bridgehead atoms. The molecule has 0 aromatic heterocycles. The van der Waals surface area contributed by atoms with E-state index < -0.39 is 12.2 Å². The van der Waals surface area contributed by atoms with Gasteiger partial charge in [0, 0.05) is 20.0 Å². The maximum Gasteiger partial charge on any atom is 0.223 e. The summed E-state index contributed by atoms with van der Waals surface area (Å²) in [5, 5.41) is 0. The summed E-state index contributed by atoms with van der Waals surface area (Å²) in [6.45, 7) is 4.30. The molecule has 22 heavy (non-hydrogen) atoms. The van der Waals surface area contributed by atoms with E-state index in [1.54, 1.807) is 19.2 Å². The lowest BCUT2D eigenvalue weighted by Gasteiger charge is -2.25. The Morgan fingerprint density at radius 2 is 2.23 bits per heavy atom. The second kappa shape index (κ2) is 7.49. The van der Waals surface area contributed by atoms with Gasteiger partial charge in [0.2, 0.25) is 5.91 Å². The van der Waals surface area contributed by atoms with Crippen molar-refractivity contribution < 1.29 is 18.3 Å². The second-order valence-corrected chi connectivity index (χ2v) is 5.63. The lowest BCUT2D eigenvalue weighted by molar-refractivity contribution is -0.132. The molecule has 2 rings (SSSR count). The maximum absolute atomic E-state index is 13.8. The van der Waals surface area contributed by atoms with Crippen LogP contribution in [0.4, 0.5) is 8.78 Å². The summed E-state index contributed by atoms with van der Waals surface area (Å²) >= 11 is 0. The van der Waals surface area contributed by atoms with Gasteiger partial charge in [-0.1, -0.05) is 24.3 Å². The summed E-state index contributed by atoms with van der Waals surface area (Å²) < 4.78 is 32.1. The summed E-state index contributed by atoms with van der Waals surface area (Å²) in [5.74, 6) is -0.507. The number of benzene rings is 1. The molecule has 1 saturated heterocycles. The molecule has 0 radical (unpaired) electrons. The van der Waals surface area contributed by atoms with Gasteiger partial charge in [0.1, 0.15) is 12.0 Å². The molecule has 2 atom stereocenters. The van der Waals surface area contributed by atoms with E-state index in [1.165, 1.54) is 17.0 Å². The molecule has 1 aliphatic rings. The Hall–Kier alpha value is -1.75. The van der Waals surface area contributed by atoms with Gasteiger partial charge < -0.3 is 9.64 Å². The van der Waals surface area contributed by atoms with E-state index in [0.717, 1.165) is 5.57 Å². The molecular weight excluding hydrogens is 288 g/mol. The summed E-state index contributed by atoms with van der Waals surface area (Å²) in [6.07, 6.45) is -0.0790. The topological polar surface area (TPSA) is 29.5 Å². The number of likely N-dealkylation sites (tertiary alicyclic amines) is 1. The van der Waals surface area contributed by atoms with Gasteiger partial charge in [-0.3, -0.25) is 4.79 Å². The summed E-state index contributed by atoms with van der Waals surface area (Å²) in [7, 11) is 1.57. The van der Waals surface area contributed by atoms with Crippen LogP contribution in [0.5, 0.6) is 0 Å². The number of carbonyl (C=O) groups is 1. The van der Waals surface area contributed by atoms with Gasteiger partial charge in [-0.15, -0.1) is 0 Å². The van der Waals surface area contributed by atoms with Gasteiger partial charge in [0.15, 0.2) is 0 Å². The Balaban J connectivity index is 2.04. The maximum atomic E-state index is 13.8. The van der Waals surface area contributed by atoms with Crippen LogP contribution in [-0.4, -0.2) is 37.2 Å². The highest BCUT2D eigenvalue weighted by Crippen LogP contribution is 2.34. The number of hydrogen-bond acceptors (Lipinski definition) is 2. The first kappa shape index (κ1) is 16.6. The molecular formula is C17H21F2NO2. The number of amides is 1. The molecule has 3 nitrogen and oxygen atoms in total. The summed E-state index contributed by atoms with van der Waals surface area (Å²) in [4.78, 5) is 13.9. The molecule has 2 unspecified atom stereocenters. The Morgan fingerprint density at radius 3 is 2.91 bits per heavy atom. The average molecular weight is 309 g/mol. The summed E-state index contributed by atoms with van der Waals surface area (Å²) in [5.41, 5.74) is 1.47. The van der Waals surface area contributed by atoms with Gasteiger partial charge >= 0.3 is 0 Å². The molecule has 0 saturated carbocycles. The van der Waals surface area contributed by atoms with Crippen LogP contribution in [0.25, 0.3) is 0 Å². The molecule has 0 aliphatic carbocycles. The van der Waals surface area contributed by atoms with Crippen LogP contribution in [0.2, 0.25) is 0 Å². The fourth-order valence-electron chi connectivity index (χ4n) is 2.79. The van der Waals surface area contributed by atoms with E-state index in [1.807, 2.05) is 0 Å². The highest BCUT2D eigenvalue weighted by molar-refractivity contribution is 5.77. The number of hydrogen-bond donors (Lipinski definition) is 0. The van der Waals surface area contributed by atoms with E-state index in [-0.39, 0.29) is 31.1 Å². The smallest absolute Gasteiger partial charge is 0.223 e. The standard InChI is InChI=1S/C17H21F2NO2/c1-12(11-22-2)6-7-17(21)20-10-15(19)9-16(20)13-4-3-5-14(18)8-13/h3-5,8,15-16H,1,6-7,9-11H2,2H3. The number of halogens is 2. The molecule has 5 heteroatoms. The minimum Gasteiger partial charge on any atom is -0.380 e. The van der Waals surface area contributed by atoms with Gasteiger partial charge in [-0.25, -0.2) is 8.78 Å². The largest absolute Gasteiger partial charge is 0.380 e. The van der Waals surface area contributed by atoms with E-state index in [4.69, 9.17) is 4.74 Å². The van der Waals surface area contributed by atoms with Crippen molar-refractivity contribution in [3.05, 3.63) is 47.8 Å². The third kappa shape index (κ3) is 4.13. The first-order valence-electron chi connectivity index (χ1n) is 7.36. The fourth-order valence-corrected chi connectivity index (χ4v) is 2.79. The van der Waals surface area contributed by atoms with Crippen LogP contribution in [0.1, 0.15) is 30.9 Å². The Morgan fingerprint density at radius 1 is 1.45 bits per heavy atom. The van der Waals surface area contributed by atoms with Crippen molar-refractivity contribution in [1.29, 1.82) is 0 Å². The SMILES string of the molecule is C=C(CCC(=O)N1CC(F)CC1c1cccc(F)c1)COC. The van der Waals surface area contributed by atoms with E-state index in [0.29, 0.717) is 18.6 Å². The molecule has 1 aromatic rings. The molecule has 0 N–H and O–H groups in total. The van der Waals surface area contributed by atoms with E-state index in [9.17, 15) is 13.6 Å². The van der Waals surface area contributed by atoms with Crippen LogP contribution in [0.15, 0.2) is 36.4 Å². The first-order chi connectivity index (χ1) is 10.5. The molecule has 0 spiro atoms. The Bertz CT molecular complexity index is 547. The zero-order chi connectivity index (χ0) is 16.1. The third-order valence-corrected chi connectivity index (χ3v) is 3.84. The van der Waals surface area contributed by atoms with Crippen LogP contribution >= 0.6 is 0 Å². The Kier molecular flexibility index (Phi) is 5.66. The molecule has 1 heterocycles. The van der Waals surface area contributed by atoms with Crippen molar-refractivity contribution in [2.75, 3.05) is 20.3 Å². The third-order valence-electron chi connectivity index (χ3n) is 3.84. The average Bonchev–Trinajstić information content (AvgIpc) is 2.87. The van der Waals surface area contributed by atoms with E-state index >= 15 is 0 Å². The normalized spacial score (nSPS) is 21.1. The zero-order valence-corrected chi connectivity index (χ0v) is 12.7. The van der Waals surface area contributed by atoms with Crippen LogP contribution < -0.4 is 0 Å². The van der Waals surface area contributed by atoms with Gasteiger partial charge in [-0.05, 0) is 24.1 Å². The molecule has 120 valence electrons. The molecule has 1 amide bonds. The van der Waals surface area contributed by atoms with Gasteiger partial charge in [-0.2, -0.15) is 0 Å². The molecule has 1 aromatic carbocycles. The summed E-state index contributed by atoms with van der Waals surface area (Å²) in [6, 6.07) is 5.63. The monoisotopic (exact) mass is 309 g/mol. The van der Waals surface area contributed by atoms with Crippen LogP contribution in [0, 0.1) is 5.82 Å². The number of carbonyl (C=O) groups excluding carboxylic acids is 1. The minimum atomic E-state index is -1.07. The number of rotatable bonds is 6. The highest BCUT2D eigenvalue weighted by Gasteiger charge is 2.36. The predicted octanol–water partition coefficient (Wildman–Crippen LogP) is 3.42. The molecule has 1 aliphatic heterocycles. The van der Waals surface area contributed by atoms with Crippen molar-refractivity contribution >= 4 is 5.91 Å². The molecule has 1 fully saturated rings. The quantitative estimate of drug-likeness (QED) is 0.754. The van der Waals surface area contributed by atoms with Gasteiger partial charge in [0.25, 0.3) is 0 Å². The van der Waals surface area contributed by atoms with E-state index in [2.05, 4.69) is 6.58 Å². The predicted molar refractivity (Wildman–Crippen MR) is 80.6 cm³/mol. The first-order valence-corrected chi connectivity index (χ1v) is 7.36. The van der Waals surface area contributed by atoms with Gasteiger partial charge in [0.05, 0.1) is 19.2 Å². The van der Waals surface area contributed by atoms with Crippen LogP contribution in [-0.2, 0) is 9.53 Å². The van der Waals surface area contributed by atoms with Crippen molar-refractivity contribution in [3.8, 4) is 0 Å². The lowest BCUT2D eigenvalue weighted by Crippen LogP contribution is -2.31. The highest BCUT2D eigenvalue weighted by atomic mass is 19.1. The number of alkyl halides is 1. The van der Waals surface area contributed by atoms with Crippen molar-refractivity contribution in [2.45, 2.75) is 31.5 Å². The van der Waals surface area contributed by atoms with Crippen molar-refractivity contribution in [2.24, 2.45) is 0 Å². The minimum absolute atomic E-state index is 0.0662. The Labute approximate surface area is 129 Å². The lowest BCUT2D eigenvalue weighted by atomic mass is 10.0. The number of ether oxygens (including phenoxy) is 1. The number of methoxy groups -OCH3 is 1.